The van der Waals surface area contributed by atoms with E-state index in [4.69, 9.17) is 4.74 Å². The molecule has 1 aromatic carbocycles. The molecule has 0 heterocycles. The quantitative estimate of drug-likeness (QED) is 0.647. The summed E-state index contributed by atoms with van der Waals surface area (Å²) < 4.78 is 5.21. The highest BCUT2D eigenvalue weighted by atomic mass is 32.2. The van der Waals surface area contributed by atoms with Gasteiger partial charge in [0.15, 0.2) is 0 Å². The van der Waals surface area contributed by atoms with Gasteiger partial charge in [0.2, 0.25) is 0 Å². The lowest BCUT2D eigenvalue weighted by Crippen LogP contribution is -2.23. The van der Waals surface area contributed by atoms with E-state index in [1.165, 1.54) is 30.6 Å². The van der Waals surface area contributed by atoms with Gasteiger partial charge in [0.05, 0.1) is 7.11 Å². The summed E-state index contributed by atoms with van der Waals surface area (Å²) in [5.41, 5.74) is 1.35. The Morgan fingerprint density at radius 3 is 2.47 bits per heavy atom. The van der Waals surface area contributed by atoms with E-state index in [0.717, 1.165) is 18.0 Å². The van der Waals surface area contributed by atoms with E-state index >= 15 is 0 Å². The number of rotatable bonds is 10. The van der Waals surface area contributed by atoms with Crippen LogP contribution in [0.5, 0.6) is 5.75 Å². The molecule has 0 radical (unpaired) electrons. The highest BCUT2D eigenvalue weighted by molar-refractivity contribution is 7.99. The van der Waals surface area contributed by atoms with Crippen LogP contribution < -0.4 is 10.1 Å². The summed E-state index contributed by atoms with van der Waals surface area (Å²) in [6.07, 6.45) is 3.99. The molecule has 0 bridgehead atoms. The summed E-state index contributed by atoms with van der Waals surface area (Å²) in [6.45, 7) is 5.42. The van der Waals surface area contributed by atoms with Crippen molar-refractivity contribution in [3.05, 3.63) is 29.8 Å². The lowest BCUT2D eigenvalue weighted by atomic mass is 10.1. The number of hydrogen-bond acceptors (Lipinski definition) is 3. The van der Waals surface area contributed by atoms with E-state index < -0.39 is 0 Å². The second-order valence-electron chi connectivity index (χ2n) is 4.67. The first-order valence-corrected chi connectivity index (χ1v) is 8.42. The van der Waals surface area contributed by atoms with Crippen molar-refractivity contribution in [1.29, 1.82) is 0 Å². The van der Waals surface area contributed by atoms with Crippen molar-refractivity contribution in [1.82, 2.24) is 5.32 Å². The first-order valence-electron chi connectivity index (χ1n) is 7.26. The maximum atomic E-state index is 5.21. The number of benzene rings is 1. The van der Waals surface area contributed by atoms with Gasteiger partial charge in [0.25, 0.3) is 0 Å². The lowest BCUT2D eigenvalue weighted by Gasteiger charge is -2.18. The second kappa shape index (κ2) is 10.2. The zero-order valence-electron chi connectivity index (χ0n) is 12.4. The highest BCUT2D eigenvalue weighted by Gasteiger charge is 2.10. The largest absolute Gasteiger partial charge is 0.497 e. The van der Waals surface area contributed by atoms with E-state index in [2.05, 4.69) is 43.1 Å². The zero-order chi connectivity index (χ0) is 13.9. The summed E-state index contributed by atoms with van der Waals surface area (Å²) in [5, 5.41) is 3.57. The van der Waals surface area contributed by atoms with E-state index in [1.807, 2.05) is 12.1 Å². The van der Waals surface area contributed by atoms with Crippen LogP contribution in [0.2, 0.25) is 0 Å². The molecule has 19 heavy (non-hydrogen) atoms. The molecule has 3 heteroatoms. The van der Waals surface area contributed by atoms with Crippen LogP contribution in [0.3, 0.4) is 0 Å². The van der Waals surface area contributed by atoms with Crippen LogP contribution in [-0.4, -0.2) is 25.2 Å². The molecule has 1 unspecified atom stereocenters. The smallest absolute Gasteiger partial charge is 0.118 e. The Bertz CT molecular complexity index is 326. The van der Waals surface area contributed by atoms with Crippen molar-refractivity contribution < 1.29 is 4.74 Å². The van der Waals surface area contributed by atoms with Crippen LogP contribution >= 0.6 is 11.8 Å². The summed E-state index contributed by atoms with van der Waals surface area (Å²) in [7, 11) is 1.71. The van der Waals surface area contributed by atoms with Gasteiger partial charge in [-0.1, -0.05) is 38.8 Å². The Morgan fingerprint density at radius 1 is 1.16 bits per heavy atom. The third-order valence-corrected chi connectivity index (χ3v) is 4.29. The number of thioether (sulfide) groups is 1. The zero-order valence-corrected chi connectivity index (χ0v) is 13.3. The van der Waals surface area contributed by atoms with Crippen LogP contribution in [0.25, 0.3) is 0 Å². The average Bonchev–Trinajstić information content (AvgIpc) is 2.46. The number of methoxy groups -OCH3 is 1. The fourth-order valence-corrected chi connectivity index (χ4v) is 3.13. The van der Waals surface area contributed by atoms with Gasteiger partial charge in [-0.15, -0.1) is 0 Å². The van der Waals surface area contributed by atoms with Crippen molar-refractivity contribution in [2.45, 2.75) is 39.2 Å². The van der Waals surface area contributed by atoms with Crippen molar-refractivity contribution in [3.8, 4) is 5.75 Å². The first-order chi connectivity index (χ1) is 9.31. The van der Waals surface area contributed by atoms with Crippen LogP contribution in [0.4, 0.5) is 0 Å². The van der Waals surface area contributed by atoms with E-state index in [1.54, 1.807) is 7.11 Å². The summed E-state index contributed by atoms with van der Waals surface area (Å²) in [6, 6.07) is 8.86. The number of unbranched alkanes of at least 4 members (excludes halogenated alkanes) is 2. The van der Waals surface area contributed by atoms with Crippen LogP contribution in [0.1, 0.15) is 44.7 Å². The predicted octanol–water partition coefficient (Wildman–Crippen LogP) is 4.27. The van der Waals surface area contributed by atoms with Crippen molar-refractivity contribution >= 4 is 11.8 Å². The molecule has 108 valence electrons. The molecule has 2 nitrogen and oxygen atoms in total. The molecule has 1 rings (SSSR count). The Hall–Kier alpha value is -0.670. The minimum Gasteiger partial charge on any atom is -0.497 e. The molecule has 1 atom stereocenters. The summed E-state index contributed by atoms with van der Waals surface area (Å²) in [5.74, 6) is 3.34. The molecule has 0 aliphatic carbocycles. The highest BCUT2D eigenvalue weighted by Crippen LogP contribution is 2.21. The van der Waals surface area contributed by atoms with Crippen LogP contribution in [0, 0.1) is 0 Å². The Balaban J connectivity index is 2.45. The molecule has 0 aromatic heterocycles. The molecule has 0 aliphatic heterocycles. The molecule has 0 fully saturated rings. The van der Waals surface area contributed by atoms with E-state index in [9.17, 15) is 0 Å². The lowest BCUT2D eigenvalue weighted by molar-refractivity contribution is 0.414. The fraction of sp³-hybridized carbons (Fsp3) is 0.625. The van der Waals surface area contributed by atoms with Crippen molar-refractivity contribution in [3.63, 3.8) is 0 Å². The second-order valence-corrected chi connectivity index (χ2v) is 5.82. The number of hydrogen-bond donors (Lipinski definition) is 1. The molecule has 0 amide bonds. The van der Waals surface area contributed by atoms with Crippen molar-refractivity contribution in [2.75, 3.05) is 25.2 Å². The standard InChI is InChI=1S/C16H27NOS/c1-4-6-7-12-19-13-16(17-5-2)14-8-10-15(18-3)11-9-14/h8-11,16-17H,4-7,12-13H2,1-3H3. The molecule has 0 saturated heterocycles. The van der Waals surface area contributed by atoms with Crippen LogP contribution in [0.15, 0.2) is 24.3 Å². The number of nitrogens with one attached hydrogen (secondary N) is 1. The van der Waals surface area contributed by atoms with Crippen LogP contribution in [-0.2, 0) is 0 Å². The van der Waals surface area contributed by atoms with Gasteiger partial charge in [0, 0.05) is 11.8 Å². The van der Waals surface area contributed by atoms with Gasteiger partial charge in [0.1, 0.15) is 5.75 Å². The molecular weight excluding hydrogens is 254 g/mol. The third kappa shape index (κ3) is 6.35. The summed E-state index contributed by atoms with van der Waals surface area (Å²) in [4.78, 5) is 0. The van der Waals surface area contributed by atoms with Gasteiger partial charge in [-0.3, -0.25) is 0 Å². The minimum absolute atomic E-state index is 0.447. The van der Waals surface area contributed by atoms with Gasteiger partial charge in [-0.2, -0.15) is 11.8 Å². The molecule has 1 N–H and O–H groups in total. The van der Waals surface area contributed by atoms with Crippen molar-refractivity contribution in [2.24, 2.45) is 0 Å². The SMILES string of the molecule is CCCCCSCC(NCC)c1ccc(OC)cc1. The van der Waals surface area contributed by atoms with E-state index in [-0.39, 0.29) is 0 Å². The Morgan fingerprint density at radius 2 is 1.89 bits per heavy atom. The molecule has 1 aromatic rings. The number of ether oxygens (including phenoxy) is 1. The van der Waals surface area contributed by atoms with Gasteiger partial charge < -0.3 is 10.1 Å². The predicted molar refractivity (Wildman–Crippen MR) is 86.3 cm³/mol. The fourth-order valence-electron chi connectivity index (χ4n) is 2.01. The maximum Gasteiger partial charge on any atom is 0.118 e. The van der Waals surface area contributed by atoms with Gasteiger partial charge in [-0.25, -0.2) is 0 Å². The minimum atomic E-state index is 0.447. The Labute approximate surface area is 122 Å². The molecule has 0 aliphatic rings. The topological polar surface area (TPSA) is 21.3 Å². The average molecular weight is 281 g/mol. The molecular formula is C16H27NOS. The monoisotopic (exact) mass is 281 g/mol. The normalized spacial score (nSPS) is 12.4. The Kier molecular flexibility index (Phi) is 8.76. The molecule has 0 spiro atoms. The van der Waals surface area contributed by atoms with Gasteiger partial charge >= 0.3 is 0 Å². The summed E-state index contributed by atoms with van der Waals surface area (Å²) >= 11 is 2.05. The third-order valence-electron chi connectivity index (χ3n) is 3.15. The van der Waals surface area contributed by atoms with Gasteiger partial charge in [-0.05, 0) is 36.4 Å². The maximum absolute atomic E-state index is 5.21. The molecule has 0 saturated carbocycles. The first kappa shape index (κ1) is 16.4. The van der Waals surface area contributed by atoms with E-state index in [0.29, 0.717) is 6.04 Å².